The molecule has 20 heavy (non-hydrogen) atoms. The standard InChI is InChI=1S/C14H14N2O4/c1-3-20-14(17)11-9(2)15-12(13(11)16(18)19)10-7-5-4-6-8-10/h4-8,15H,3H2,1-2H3. The predicted molar refractivity (Wildman–Crippen MR) is 73.6 cm³/mol. The summed E-state index contributed by atoms with van der Waals surface area (Å²) in [6.07, 6.45) is 0. The van der Waals surface area contributed by atoms with Crippen LogP contribution in [0.2, 0.25) is 0 Å². The lowest BCUT2D eigenvalue weighted by Gasteiger charge is -2.01. The number of ether oxygens (including phenoxy) is 1. The van der Waals surface area contributed by atoms with Crippen molar-refractivity contribution in [1.29, 1.82) is 0 Å². The Hall–Kier alpha value is -2.63. The van der Waals surface area contributed by atoms with Gasteiger partial charge in [0.25, 0.3) is 0 Å². The fourth-order valence-electron chi connectivity index (χ4n) is 2.06. The molecule has 0 atom stereocenters. The van der Waals surface area contributed by atoms with Crippen LogP contribution >= 0.6 is 0 Å². The van der Waals surface area contributed by atoms with E-state index in [0.717, 1.165) is 0 Å². The molecule has 0 aliphatic rings. The van der Waals surface area contributed by atoms with Crippen molar-refractivity contribution in [3.8, 4) is 11.3 Å². The lowest BCUT2D eigenvalue weighted by molar-refractivity contribution is -0.384. The number of aromatic nitrogens is 1. The summed E-state index contributed by atoms with van der Waals surface area (Å²) in [6.45, 7) is 3.44. The number of H-pyrrole nitrogens is 1. The number of hydrogen-bond donors (Lipinski definition) is 1. The zero-order chi connectivity index (χ0) is 14.7. The van der Waals surface area contributed by atoms with Crippen LogP contribution < -0.4 is 0 Å². The number of carbonyl (C=O) groups is 1. The zero-order valence-electron chi connectivity index (χ0n) is 11.2. The highest BCUT2D eigenvalue weighted by Crippen LogP contribution is 2.34. The summed E-state index contributed by atoms with van der Waals surface area (Å²) in [5, 5.41) is 11.3. The van der Waals surface area contributed by atoms with Crippen molar-refractivity contribution in [2.45, 2.75) is 13.8 Å². The lowest BCUT2D eigenvalue weighted by atomic mass is 10.1. The van der Waals surface area contributed by atoms with Crippen LogP contribution in [0.1, 0.15) is 23.0 Å². The minimum absolute atomic E-state index is 0.0179. The summed E-state index contributed by atoms with van der Waals surface area (Å²) < 4.78 is 4.89. The van der Waals surface area contributed by atoms with Gasteiger partial charge in [0, 0.05) is 11.3 Å². The van der Waals surface area contributed by atoms with Gasteiger partial charge >= 0.3 is 11.7 Å². The number of nitro groups is 1. The van der Waals surface area contributed by atoms with Crippen molar-refractivity contribution in [2.75, 3.05) is 6.61 Å². The molecule has 0 unspecified atom stereocenters. The molecule has 1 aromatic heterocycles. The second-order valence-corrected chi connectivity index (χ2v) is 4.19. The molecule has 0 bridgehead atoms. The third-order valence-electron chi connectivity index (χ3n) is 2.89. The average Bonchev–Trinajstić information content (AvgIpc) is 2.78. The average molecular weight is 274 g/mol. The minimum Gasteiger partial charge on any atom is -0.462 e. The van der Waals surface area contributed by atoms with Crippen molar-refractivity contribution in [3.05, 3.63) is 51.7 Å². The molecule has 0 saturated carbocycles. The number of rotatable bonds is 4. The van der Waals surface area contributed by atoms with Crippen LogP contribution in [0.15, 0.2) is 30.3 Å². The van der Waals surface area contributed by atoms with Crippen molar-refractivity contribution < 1.29 is 14.5 Å². The fraction of sp³-hybridized carbons (Fsp3) is 0.214. The predicted octanol–water partition coefficient (Wildman–Crippen LogP) is 3.08. The summed E-state index contributed by atoms with van der Waals surface area (Å²) in [4.78, 5) is 25.6. The van der Waals surface area contributed by atoms with E-state index in [1.54, 1.807) is 38.1 Å². The molecule has 1 N–H and O–H groups in total. The number of nitrogens with one attached hydrogen (secondary N) is 1. The van der Waals surface area contributed by atoms with E-state index in [9.17, 15) is 14.9 Å². The maximum atomic E-state index is 11.9. The van der Waals surface area contributed by atoms with E-state index in [4.69, 9.17) is 4.74 Å². The Balaban J connectivity index is 2.63. The highest BCUT2D eigenvalue weighted by molar-refractivity contribution is 5.99. The van der Waals surface area contributed by atoms with Gasteiger partial charge in [-0.2, -0.15) is 0 Å². The molecule has 0 aliphatic heterocycles. The normalized spacial score (nSPS) is 10.3. The summed E-state index contributed by atoms with van der Waals surface area (Å²) in [6, 6.07) is 8.86. The number of nitrogens with zero attached hydrogens (tertiary/aromatic N) is 1. The molecule has 0 spiro atoms. The van der Waals surface area contributed by atoms with Crippen LogP contribution in [0, 0.1) is 17.0 Å². The topological polar surface area (TPSA) is 85.2 Å². The van der Waals surface area contributed by atoms with E-state index in [1.165, 1.54) is 0 Å². The Labute approximate surface area is 115 Å². The largest absolute Gasteiger partial charge is 0.462 e. The molecule has 6 nitrogen and oxygen atoms in total. The first-order chi connectivity index (χ1) is 9.56. The van der Waals surface area contributed by atoms with E-state index in [1.807, 2.05) is 6.07 Å². The number of hydrogen-bond acceptors (Lipinski definition) is 4. The molecule has 2 aromatic rings. The number of aromatic amines is 1. The highest BCUT2D eigenvalue weighted by Gasteiger charge is 2.31. The lowest BCUT2D eigenvalue weighted by Crippen LogP contribution is -2.07. The molecule has 1 aromatic carbocycles. The van der Waals surface area contributed by atoms with Crippen LogP contribution in [-0.2, 0) is 4.74 Å². The van der Waals surface area contributed by atoms with Crippen molar-refractivity contribution >= 4 is 11.7 Å². The van der Waals surface area contributed by atoms with Crippen LogP contribution in [0.3, 0.4) is 0 Å². The van der Waals surface area contributed by atoms with Crippen LogP contribution in [0.5, 0.6) is 0 Å². The van der Waals surface area contributed by atoms with Crippen molar-refractivity contribution in [1.82, 2.24) is 4.98 Å². The van der Waals surface area contributed by atoms with Gasteiger partial charge in [-0.1, -0.05) is 30.3 Å². The van der Waals surface area contributed by atoms with Gasteiger partial charge in [0.2, 0.25) is 0 Å². The molecule has 6 heteroatoms. The molecule has 2 rings (SSSR count). The maximum absolute atomic E-state index is 11.9. The van der Waals surface area contributed by atoms with Gasteiger partial charge in [0.15, 0.2) is 5.56 Å². The van der Waals surface area contributed by atoms with E-state index >= 15 is 0 Å². The molecule has 0 aliphatic carbocycles. The van der Waals surface area contributed by atoms with Crippen LogP contribution in [0.4, 0.5) is 5.69 Å². The van der Waals surface area contributed by atoms with E-state index in [-0.39, 0.29) is 17.9 Å². The Bertz CT molecular complexity index is 647. The number of aryl methyl sites for hydroxylation is 1. The van der Waals surface area contributed by atoms with Gasteiger partial charge in [-0.3, -0.25) is 10.1 Å². The molecule has 104 valence electrons. The monoisotopic (exact) mass is 274 g/mol. The summed E-state index contributed by atoms with van der Waals surface area (Å²) in [5.74, 6) is -0.685. The number of esters is 1. The van der Waals surface area contributed by atoms with Gasteiger partial charge in [0.05, 0.1) is 11.5 Å². The third kappa shape index (κ3) is 2.40. The molecule has 0 amide bonds. The van der Waals surface area contributed by atoms with Gasteiger partial charge in [-0.15, -0.1) is 0 Å². The molecule has 0 fully saturated rings. The first kappa shape index (κ1) is 13.8. The quantitative estimate of drug-likeness (QED) is 0.527. The molecular formula is C14H14N2O4. The summed E-state index contributed by atoms with van der Waals surface area (Å²) in [7, 11) is 0. The molecule has 0 saturated heterocycles. The number of carbonyl (C=O) groups excluding carboxylic acids is 1. The van der Waals surface area contributed by atoms with E-state index in [2.05, 4.69) is 4.98 Å². The highest BCUT2D eigenvalue weighted by atomic mass is 16.6. The Morgan fingerprint density at radius 1 is 1.35 bits per heavy atom. The van der Waals surface area contributed by atoms with E-state index in [0.29, 0.717) is 17.0 Å². The van der Waals surface area contributed by atoms with Crippen molar-refractivity contribution in [3.63, 3.8) is 0 Å². The maximum Gasteiger partial charge on any atom is 0.347 e. The molecular weight excluding hydrogens is 260 g/mol. The van der Waals surface area contributed by atoms with Gasteiger partial charge in [-0.25, -0.2) is 4.79 Å². The second kappa shape index (κ2) is 5.56. The smallest absolute Gasteiger partial charge is 0.347 e. The number of benzene rings is 1. The van der Waals surface area contributed by atoms with Crippen LogP contribution in [0.25, 0.3) is 11.3 Å². The van der Waals surface area contributed by atoms with Crippen molar-refractivity contribution in [2.24, 2.45) is 0 Å². The summed E-state index contributed by atoms with van der Waals surface area (Å²) in [5.41, 5.74) is 1.13. The Morgan fingerprint density at radius 2 is 2.00 bits per heavy atom. The van der Waals surface area contributed by atoms with Gasteiger partial charge < -0.3 is 9.72 Å². The summed E-state index contributed by atoms with van der Waals surface area (Å²) >= 11 is 0. The van der Waals surface area contributed by atoms with Gasteiger partial charge in [-0.05, 0) is 13.8 Å². The molecule has 1 heterocycles. The van der Waals surface area contributed by atoms with Crippen LogP contribution in [-0.4, -0.2) is 22.5 Å². The Morgan fingerprint density at radius 3 is 2.55 bits per heavy atom. The molecule has 0 radical (unpaired) electrons. The third-order valence-corrected chi connectivity index (χ3v) is 2.89. The first-order valence-corrected chi connectivity index (χ1v) is 6.15. The SMILES string of the molecule is CCOC(=O)c1c(C)[nH]c(-c2ccccc2)c1[N+](=O)[O-]. The second-order valence-electron chi connectivity index (χ2n) is 4.19. The Kier molecular flexibility index (Phi) is 3.84. The minimum atomic E-state index is -0.685. The van der Waals surface area contributed by atoms with Gasteiger partial charge in [0.1, 0.15) is 5.69 Å². The zero-order valence-corrected chi connectivity index (χ0v) is 11.2. The first-order valence-electron chi connectivity index (χ1n) is 6.15. The van der Waals surface area contributed by atoms with E-state index < -0.39 is 10.9 Å². The fourth-order valence-corrected chi connectivity index (χ4v) is 2.06.